The summed E-state index contributed by atoms with van der Waals surface area (Å²) < 4.78 is 0. The summed E-state index contributed by atoms with van der Waals surface area (Å²) in [5.41, 5.74) is 0.388. The quantitative estimate of drug-likeness (QED) is 0.682. The molecule has 0 bridgehead atoms. The van der Waals surface area contributed by atoms with Gasteiger partial charge in [-0.3, -0.25) is 4.79 Å². The number of Topliss-reactive ketones (excluding diaryl/α,β-unsaturated/α-hetero) is 1. The first-order valence-electron chi connectivity index (χ1n) is 9.64. The van der Waals surface area contributed by atoms with Crippen LogP contribution in [0.2, 0.25) is 0 Å². The van der Waals surface area contributed by atoms with Crippen molar-refractivity contribution in [3.05, 3.63) is 23.3 Å². The molecule has 4 rings (SSSR count). The van der Waals surface area contributed by atoms with Crippen LogP contribution >= 0.6 is 0 Å². The van der Waals surface area contributed by atoms with E-state index in [0.29, 0.717) is 19.3 Å². The van der Waals surface area contributed by atoms with E-state index in [0.717, 1.165) is 19.3 Å². The van der Waals surface area contributed by atoms with Crippen LogP contribution in [-0.2, 0) is 4.79 Å². The minimum Gasteiger partial charge on any atom is -0.393 e. The van der Waals surface area contributed by atoms with Crippen molar-refractivity contribution < 1.29 is 20.1 Å². The summed E-state index contributed by atoms with van der Waals surface area (Å²) in [6.07, 6.45) is 7.47. The number of rotatable bonds is 1. The van der Waals surface area contributed by atoms with Crippen molar-refractivity contribution in [3.63, 3.8) is 0 Å². The van der Waals surface area contributed by atoms with Crippen molar-refractivity contribution in [2.24, 2.45) is 22.7 Å². The molecule has 3 fully saturated rings. The van der Waals surface area contributed by atoms with Crippen molar-refractivity contribution in [2.75, 3.05) is 0 Å². The Balaban J connectivity index is 1.80. The van der Waals surface area contributed by atoms with Gasteiger partial charge in [0, 0.05) is 11.3 Å². The molecule has 138 valence electrons. The predicted octanol–water partition coefficient (Wildman–Crippen LogP) is 2.52. The Morgan fingerprint density at radius 3 is 2.56 bits per heavy atom. The summed E-state index contributed by atoms with van der Waals surface area (Å²) in [6, 6.07) is 0. The van der Waals surface area contributed by atoms with E-state index in [1.54, 1.807) is 0 Å². The van der Waals surface area contributed by atoms with Gasteiger partial charge in [0.2, 0.25) is 0 Å². The van der Waals surface area contributed by atoms with Gasteiger partial charge in [0.1, 0.15) is 5.60 Å². The number of allylic oxidation sites excluding steroid dienone is 2. The Kier molecular flexibility index (Phi) is 3.68. The Morgan fingerprint density at radius 2 is 1.88 bits per heavy atom. The van der Waals surface area contributed by atoms with Crippen LogP contribution in [0.5, 0.6) is 0 Å². The third-order valence-electron chi connectivity index (χ3n) is 8.22. The van der Waals surface area contributed by atoms with E-state index in [2.05, 4.69) is 19.1 Å². The second kappa shape index (κ2) is 5.28. The lowest BCUT2D eigenvalue weighted by Gasteiger charge is -2.57. The summed E-state index contributed by atoms with van der Waals surface area (Å²) in [4.78, 5) is 12.2. The highest BCUT2D eigenvalue weighted by atomic mass is 16.3. The van der Waals surface area contributed by atoms with E-state index < -0.39 is 17.1 Å². The molecule has 4 aliphatic rings. The Labute approximate surface area is 149 Å². The zero-order valence-electron chi connectivity index (χ0n) is 15.5. The molecule has 3 N–H and O–H groups in total. The Morgan fingerprint density at radius 1 is 1.16 bits per heavy atom. The van der Waals surface area contributed by atoms with E-state index in [-0.39, 0.29) is 29.1 Å². The lowest BCUT2D eigenvalue weighted by Crippen LogP contribution is -2.58. The zero-order chi connectivity index (χ0) is 18.2. The molecule has 4 nitrogen and oxygen atoms in total. The average Bonchev–Trinajstić information content (AvgIpc) is 2.80. The second-order valence-electron chi connectivity index (χ2n) is 9.35. The molecule has 0 aromatic carbocycles. The number of aliphatic hydroxyl groups excluding tert-OH is 2. The lowest BCUT2D eigenvalue weighted by molar-refractivity contribution is -0.157. The number of hydrogen-bond acceptors (Lipinski definition) is 4. The van der Waals surface area contributed by atoms with Gasteiger partial charge in [-0.2, -0.15) is 0 Å². The highest BCUT2D eigenvalue weighted by Crippen LogP contribution is 2.65. The number of fused-ring (bicyclic) bond motifs is 5. The summed E-state index contributed by atoms with van der Waals surface area (Å²) in [5.74, 6) is -0.00792. The highest BCUT2D eigenvalue weighted by Gasteiger charge is 2.65. The number of carbonyl (C=O) groups excluding carboxylic acids is 1. The third kappa shape index (κ3) is 2.08. The molecule has 25 heavy (non-hydrogen) atoms. The van der Waals surface area contributed by atoms with Crippen molar-refractivity contribution >= 4 is 5.78 Å². The molecule has 7 atom stereocenters. The van der Waals surface area contributed by atoms with Crippen molar-refractivity contribution in [3.8, 4) is 0 Å². The van der Waals surface area contributed by atoms with Gasteiger partial charge in [0.25, 0.3) is 0 Å². The molecule has 0 aliphatic heterocycles. The third-order valence-corrected chi connectivity index (χ3v) is 8.22. The van der Waals surface area contributed by atoms with Gasteiger partial charge in [-0.05, 0) is 56.8 Å². The van der Waals surface area contributed by atoms with E-state index in [9.17, 15) is 20.1 Å². The molecule has 0 amide bonds. The van der Waals surface area contributed by atoms with Crippen LogP contribution in [0, 0.1) is 22.7 Å². The average molecular weight is 346 g/mol. The van der Waals surface area contributed by atoms with Crippen LogP contribution in [-0.4, -0.2) is 38.9 Å². The van der Waals surface area contributed by atoms with Gasteiger partial charge >= 0.3 is 0 Å². The Bertz CT molecular complexity index is 679. The molecule has 4 heteroatoms. The molecule has 0 unspecified atom stereocenters. The molecule has 0 saturated heterocycles. The molecule has 3 saturated carbocycles. The molecule has 0 aromatic rings. The second-order valence-corrected chi connectivity index (χ2v) is 9.35. The summed E-state index contributed by atoms with van der Waals surface area (Å²) >= 11 is 0. The van der Waals surface area contributed by atoms with E-state index in [1.165, 1.54) is 18.1 Å². The van der Waals surface area contributed by atoms with E-state index in [1.807, 2.05) is 6.92 Å². The standard InChI is InChI=1S/C21H30O4/c1-12(22)21(25)9-7-16-15-5-4-13-10-14(23)6-8-19(13,2)18(15)17(24)11-20(16,21)3/h4-5,14,16-18,23-25H,6-11H2,1-3H3/t14-,16-,17-,18+,19-,20-,21-/m0/s1. The maximum Gasteiger partial charge on any atom is 0.161 e. The molecule has 0 radical (unpaired) electrons. The van der Waals surface area contributed by atoms with E-state index >= 15 is 0 Å². The number of hydrogen-bond donors (Lipinski definition) is 3. The summed E-state index contributed by atoms with van der Waals surface area (Å²) in [7, 11) is 0. The van der Waals surface area contributed by atoms with Crippen molar-refractivity contribution in [2.45, 2.75) is 77.1 Å². The normalized spacial score (nSPS) is 51.8. The summed E-state index contributed by atoms with van der Waals surface area (Å²) in [5, 5.41) is 32.3. The molecule has 4 aliphatic carbocycles. The number of carbonyl (C=O) groups is 1. The van der Waals surface area contributed by atoms with Crippen molar-refractivity contribution in [1.29, 1.82) is 0 Å². The van der Waals surface area contributed by atoms with Crippen LogP contribution in [0.3, 0.4) is 0 Å². The highest BCUT2D eigenvalue weighted by molar-refractivity contribution is 5.86. The molecule has 0 aromatic heterocycles. The van der Waals surface area contributed by atoms with Gasteiger partial charge in [-0.25, -0.2) is 0 Å². The molecular formula is C21H30O4. The van der Waals surface area contributed by atoms with Gasteiger partial charge in [-0.15, -0.1) is 0 Å². The fraction of sp³-hybridized carbons (Fsp3) is 0.762. The predicted molar refractivity (Wildman–Crippen MR) is 94.7 cm³/mol. The smallest absolute Gasteiger partial charge is 0.161 e. The van der Waals surface area contributed by atoms with Crippen LogP contribution in [0.15, 0.2) is 23.3 Å². The number of aliphatic hydroxyl groups is 3. The maximum absolute atomic E-state index is 12.2. The SMILES string of the molecule is CC(=O)[C@@]1(O)CC[C@H]2C3=CC=C4C[C@@H](O)CC[C@]4(C)[C@H]3[C@@H](O)C[C@@]21C. The summed E-state index contributed by atoms with van der Waals surface area (Å²) in [6.45, 7) is 5.68. The van der Waals surface area contributed by atoms with Crippen LogP contribution in [0.4, 0.5) is 0 Å². The first-order chi connectivity index (χ1) is 11.6. The topological polar surface area (TPSA) is 77.8 Å². The van der Waals surface area contributed by atoms with Crippen LogP contribution < -0.4 is 0 Å². The molecular weight excluding hydrogens is 316 g/mol. The fourth-order valence-corrected chi connectivity index (χ4v) is 6.70. The van der Waals surface area contributed by atoms with Gasteiger partial charge in [-0.1, -0.05) is 37.1 Å². The lowest BCUT2D eigenvalue weighted by atomic mass is 9.49. The number of ketones is 1. The monoisotopic (exact) mass is 346 g/mol. The van der Waals surface area contributed by atoms with Gasteiger partial charge < -0.3 is 15.3 Å². The van der Waals surface area contributed by atoms with Crippen molar-refractivity contribution in [1.82, 2.24) is 0 Å². The van der Waals surface area contributed by atoms with E-state index in [4.69, 9.17) is 0 Å². The maximum atomic E-state index is 12.2. The fourth-order valence-electron chi connectivity index (χ4n) is 6.70. The largest absolute Gasteiger partial charge is 0.393 e. The molecule has 0 heterocycles. The van der Waals surface area contributed by atoms with Crippen LogP contribution in [0.1, 0.15) is 59.3 Å². The minimum atomic E-state index is -1.34. The molecule has 0 spiro atoms. The zero-order valence-corrected chi connectivity index (χ0v) is 15.5. The minimum absolute atomic E-state index is 0.0346. The Hall–Kier alpha value is -0.970. The van der Waals surface area contributed by atoms with Gasteiger partial charge in [0.15, 0.2) is 5.78 Å². The van der Waals surface area contributed by atoms with Crippen LogP contribution in [0.25, 0.3) is 0 Å². The first kappa shape index (κ1) is 17.4. The first-order valence-corrected chi connectivity index (χ1v) is 9.64. The van der Waals surface area contributed by atoms with Gasteiger partial charge in [0.05, 0.1) is 12.2 Å².